The van der Waals surface area contributed by atoms with E-state index < -0.39 is 5.41 Å². The molecular formula is C13H19N5O2. The van der Waals surface area contributed by atoms with Gasteiger partial charge >= 0.3 is 5.97 Å². The number of aryl methyl sites for hydroxylation is 1. The molecule has 0 aromatic carbocycles. The number of nitrogens with two attached hydrogens (primary N) is 1. The summed E-state index contributed by atoms with van der Waals surface area (Å²) < 4.78 is 6.88. The molecule has 0 saturated heterocycles. The minimum absolute atomic E-state index is 0.0473. The zero-order chi connectivity index (χ0) is 14.9. The number of carbonyl (C=O) groups is 1. The number of imidazole rings is 1. The maximum atomic E-state index is 11.8. The van der Waals surface area contributed by atoms with E-state index in [2.05, 4.69) is 15.0 Å². The van der Waals surface area contributed by atoms with Crippen molar-refractivity contribution in [3.63, 3.8) is 0 Å². The Kier molecular flexibility index (Phi) is 3.61. The van der Waals surface area contributed by atoms with Gasteiger partial charge in [-0.15, -0.1) is 0 Å². The third kappa shape index (κ3) is 2.71. The van der Waals surface area contributed by atoms with E-state index in [0.717, 1.165) is 0 Å². The molecule has 0 aliphatic heterocycles. The summed E-state index contributed by atoms with van der Waals surface area (Å²) in [6, 6.07) is 0. The molecule has 2 heterocycles. The normalized spacial score (nSPS) is 11.8. The zero-order valence-electron chi connectivity index (χ0n) is 12.2. The molecule has 7 nitrogen and oxygen atoms in total. The molecule has 2 aromatic heterocycles. The Bertz CT molecular complexity index is 642. The summed E-state index contributed by atoms with van der Waals surface area (Å²) in [7, 11) is 0. The van der Waals surface area contributed by atoms with Crippen LogP contribution < -0.4 is 5.73 Å². The molecule has 0 fully saturated rings. The highest BCUT2D eigenvalue weighted by Crippen LogP contribution is 2.19. The van der Waals surface area contributed by atoms with Crippen LogP contribution in [0.15, 0.2) is 6.33 Å². The molecule has 0 amide bonds. The maximum Gasteiger partial charge on any atom is 0.312 e. The molecule has 0 bridgehead atoms. The SMILES string of the molecule is CCc1nc(N)c2c(ncn2COC(=O)C(C)(C)C)n1. The predicted molar refractivity (Wildman–Crippen MR) is 74.7 cm³/mol. The lowest BCUT2D eigenvalue weighted by Crippen LogP contribution is -2.24. The number of hydrogen-bond acceptors (Lipinski definition) is 6. The minimum Gasteiger partial charge on any atom is -0.443 e. The molecular weight excluding hydrogens is 258 g/mol. The molecule has 7 heteroatoms. The summed E-state index contributed by atoms with van der Waals surface area (Å²) in [5.74, 6) is 0.701. The largest absolute Gasteiger partial charge is 0.443 e. The van der Waals surface area contributed by atoms with Crippen LogP contribution in [0.4, 0.5) is 5.82 Å². The van der Waals surface area contributed by atoms with Crippen LogP contribution in [0.5, 0.6) is 0 Å². The Labute approximate surface area is 117 Å². The molecule has 0 atom stereocenters. The lowest BCUT2D eigenvalue weighted by atomic mass is 9.98. The van der Waals surface area contributed by atoms with Gasteiger partial charge in [-0.25, -0.2) is 15.0 Å². The van der Waals surface area contributed by atoms with Crippen LogP contribution in [-0.2, 0) is 22.7 Å². The number of ether oxygens (including phenoxy) is 1. The van der Waals surface area contributed by atoms with Gasteiger partial charge in [0.25, 0.3) is 0 Å². The third-order valence-corrected chi connectivity index (χ3v) is 2.81. The summed E-state index contributed by atoms with van der Waals surface area (Å²) in [5.41, 5.74) is 6.47. The highest BCUT2D eigenvalue weighted by Gasteiger charge is 2.23. The lowest BCUT2D eigenvalue weighted by molar-refractivity contribution is -0.156. The van der Waals surface area contributed by atoms with Crippen LogP contribution in [0.1, 0.15) is 33.5 Å². The van der Waals surface area contributed by atoms with Gasteiger partial charge in [-0.1, -0.05) is 6.92 Å². The number of hydrogen-bond donors (Lipinski definition) is 1. The van der Waals surface area contributed by atoms with Gasteiger partial charge in [-0.2, -0.15) is 0 Å². The van der Waals surface area contributed by atoms with Gasteiger partial charge in [-0.3, -0.25) is 9.36 Å². The van der Waals surface area contributed by atoms with Crippen molar-refractivity contribution in [2.24, 2.45) is 5.41 Å². The topological polar surface area (TPSA) is 95.9 Å². The Morgan fingerprint density at radius 2 is 2.10 bits per heavy atom. The standard InChI is InChI=1S/C13H19N5O2/c1-5-8-16-10(14)9-11(17-8)15-6-18(9)7-20-12(19)13(2,3)4/h6H,5,7H2,1-4H3,(H2,14,16,17). The predicted octanol–water partition coefficient (Wildman–Crippen LogP) is 1.52. The van der Waals surface area contributed by atoms with Gasteiger partial charge in [0.1, 0.15) is 17.7 Å². The van der Waals surface area contributed by atoms with Gasteiger partial charge < -0.3 is 10.5 Å². The fraction of sp³-hybridized carbons (Fsp3) is 0.538. The molecule has 2 aromatic rings. The van der Waals surface area contributed by atoms with Crippen molar-refractivity contribution < 1.29 is 9.53 Å². The number of fused-ring (bicyclic) bond motifs is 1. The minimum atomic E-state index is -0.548. The summed E-state index contributed by atoms with van der Waals surface area (Å²) >= 11 is 0. The van der Waals surface area contributed by atoms with Crippen molar-refractivity contribution in [3.8, 4) is 0 Å². The number of rotatable bonds is 3. The second-order valence-corrected chi connectivity index (χ2v) is 5.58. The van der Waals surface area contributed by atoms with E-state index in [-0.39, 0.29) is 12.7 Å². The first-order valence-electron chi connectivity index (χ1n) is 6.47. The first-order chi connectivity index (χ1) is 9.32. The van der Waals surface area contributed by atoms with Crippen molar-refractivity contribution >= 4 is 23.0 Å². The molecule has 20 heavy (non-hydrogen) atoms. The molecule has 0 aliphatic rings. The Balaban J connectivity index is 2.26. The number of nitrogens with zero attached hydrogens (tertiary/aromatic N) is 4. The van der Waals surface area contributed by atoms with Crippen molar-refractivity contribution in [1.29, 1.82) is 0 Å². The average molecular weight is 277 g/mol. The number of nitrogen functional groups attached to an aromatic ring is 1. The average Bonchev–Trinajstić information content (AvgIpc) is 2.78. The molecule has 0 spiro atoms. The smallest absolute Gasteiger partial charge is 0.312 e. The molecule has 0 saturated carbocycles. The Hall–Kier alpha value is -2.18. The maximum absolute atomic E-state index is 11.8. The fourth-order valence-electron chi connectivity index (χ4n) is 1.66. The summed E-state index contributed by atoms with van der Waals surface area (Å²) in [5, 5.41) is 0. The highest BCUT2D eigenvalue weighted by atomic mass is 16.5. The summed E-state index contributed by atoms with van der Waals surface area (Å²) in [4.78, 5) is 24.4. The van der Waals surface area contributed by atoms with Gasteiger partial charge in [0.15, 0.2) is 18.2 Å². The molecule has 0 radical (unpaired) electrons. The van der Waals surface area contributed by atoms with E-state index in [1.165, 1.54) is 0 Å². The van der Waals surface area contributed by atoms with Crippen LogP contribution in [0.2, 0.25) is 0 Å². The van der Waals surface area contributed by atoms with E-state index >= 15 is 0 Å². The Morgan fingerprint density at radius 3 is 2.70 bits per heavy atom. The first-order valence-corrected chi connectivity index (χ1v) is 6.47. The monoisotopic (exact) mass is 277 g/mol. The van der Waals surface area contributed by atoms with E-state index in [1.54, 1.807) is 31.7 Å². The lowest BCUT2D eigenvalue weighted by Gasteiger charge is -2.17. The number of esters is 1. The first kappa shape index (κ1) is 14.2. The molecule has 2 N–H and O–H groups in total. The fourth-order valence-corrected chi connectivity index (χ4v) is 1.66. The number of carbonyl (C=O) groups excluding carboxylic acids is 1. The number of aromatic nitrogens is 4. The zero-order valence-corrected chi connectivity index (χ0v) is 12.2. The van der Waals surface area contributed by atoms with Crippen LogP contribution in [0.25, 0.3) is 11.2 Å². The second kappa shape index (κ2) is 5.07. The molecule has 0 aliphatic carbocycles. The van der Waals surface area contributed by atoms with Crippen LogP contribution in [0, 0.1) is 5.41 Å². The van der Waals surface area contributed by atoms with Gasteiger partial charge in [0.2, 0.25) is 0 Å². The quantitative estimate of drug-likeness (QED) is 0.854. The van der Waals surface area contributed by atoms with Crippen molar-refractivity contribution in [2.45, 2.75) is 40.8 Å². The second-order valence-electron chi connectivity index (χ2n) is 5.58. The number of anilines is 1. The highest BCUT2D eigenvalue weighted by molar-refractivity contribution is 5.82. The molecule has 108 valence electrons. The van der Waals surface area contributed by atoms with E-state index in [1.807, 2.05) is 6.92 Å². The van der Waals surface area contributed by atoms with Crippen LogP contribution >= 0.6 is 0 Å². The van der Waals surface area contributed by atoms with E-state index in [4.69, 9.17) is 10.5 Å². The third-order valence-electron chi connectivity index (χ3n) is 2.81. The van der Waals surface area contributed by atoms with Crippen molar-refractivity contribution in [2.75, 3.05) is 5.73 Å². The summed E-state index contributed by atoms with van der Waals surface area (Å²) in [6.45, 7) is 7.39. The van der Waals surface area contributed by atoms with Crippen LogP contribution in [-0.4, -0.2) is 25.5 Å². The Morgan fingerprint density at radius 1 is 1.40 bits per heavy atom. The summed E-state index contributed by atoms with van der Waals surface area (Å²) in [6.07, 6.45) is 2.23. The van der Waals surface area contributed by atoms with Gasteiger partial charge in [0, 0.05) is 6.42 Å². The van der Waals surface area contributed by atoms with Crippen molar-refractivity contribution in [1.82, 2.24) is 19.5 Å². The molecule has 0 unspecified atom stereocenters. The van der Waals surface area contributed by atoms with Gasteiger partial charge in [-0.05, 0) is 20.8 Å². The van der Waals surface area contributed by atoms with Crippen LogP contribution in [0.3, 0.4) is 0 Å². The van der Waals surface area contributed by atoms with E-state index in [9.17, 15) is 4.79 Å². The van der Waals surface area contributed by atoms with Crippen molar-refractivity contribution in [3.05, 3.63) is 12.2 Å². The van der Waals surface area contributed by atoms with Gasteiger partial charge in [0.05, 0.1) is 5.41 Å². The molecule has 2 rings (SSSR count). The van der Waals surface area contributed by atoms with E-state index in [0.29, 0.717) is 29.2 Å².